The maximum absolute atomic E-state index is 13.6. The summed E-state index contributed by atoms with van der Waals surface area (Å²) in [6.07, 6.45) is 0. The van der Waals surface area contributed by atoms with Crippen molar-refractivity contribution in [2.45, 2.75) is 6.92 Å². The Balaban J connectivity index is 4.28. The van der Waals surface area contributed by atoms with Gasteiger partial charge in [-0.1, -0.05) is 0 Å². The Kier molecular flexibility index (Phi) is 3.89. The van der Waals surface area contributed by atoms with Gasteiger partial charge in [-0.15, -0.1) is 0 Å². The van der Waals surface area contributed by atoms with Gasteiger partial charge in [-0.3, -0.25) is 0 Å². The molecular weight excluding hydrogens is 262 g/mol. The van der Waals surface area contributed by atoms with Crippen LogP contribution in [0.5, 0.6) is 0 Å². The first-order valence-electron chi connectivity index (χ1n) is 4.68. The van der Waals surface area contributed by atoms with E-state index in [4.69, 9.17) is 15.8 Å². The van der Waals surface area contributed by atoms with Crippen molar-refractivity contribution in [1.82, 2.24) is 0 Å². The Morgan fingerprint density at radius 1 is 0.737 bits per heavy atom. The lowest BCUT2D eigenvalue weighted by molar-refractivity contribution is 0.434. The third kappa shape index (κ3) is 2.12. The molecule has 0 aliphatic rings. The van der Waals surface area contributed by atoms with Crippen LogP contribution in [0.15, 0.2) is 0 Å². The summed E-state index contributed by atoms with van der Waals surface area (Å²) in [5, 5.41) is 23.0. The van der Waals surface area contributed by atoms with E-state index in [0.717, 1.165) is 19.1 Å². The lowest BCUT2D eigenvalue weighted by Crippen LogP contribution is -2.30. The predicted octanol–water partition coefficient (Wildman–Crippen LogP) is 1.14. The van der Waals surface area contributed by atoms with Gasteiger partial charge in [0.2, 0.25) is 0 Å². The van der Waals surface area contributed by atoms with Gasteiger partial charge in [-0.25, -0.2) is 17.6 Å². The molecule has 7 heteroatoms. The lowest BCUT2D eigenvalue weighted by atomic mass is 10.1. The SMILES string of the molecule is CC(C#N)=c1c(F)c(F)c(=C(C#N)C#N)c(F)c1F. The molecule has 0 fully saturated rings. The summed E-state index contributed by atoms with van der Waals surface area (Å²) in [4.78, 5) is 0. The number of nitrogens with zero attached hydrogens (tertiary/aromatic N) is 3. The number of hydrogen-bond donors (Lipinski definition) is 0. The highest BCUT2D eigenvalue weighted by Gasteiger charge is 2.21. The van der Waals surface area contributed by atoms with Crippen molar-refractivity contribution in [3.05, 3.63) is 33.7 Å². The van der Waals surface area contributed by atoms with E-state index >= 15 is 0 Å². The minimum atomic E-state index is -1.89. The molecule has 19 heavy (non-hydrogen) atoms. The van der Waals surface area contributed by atoms with Crippen LogP contribution < -0.4 is 10.4 Å². The van der Waals surface area contributed by atoms with Crippen LogP contribution in [0.25, 0.3) is 11.1 Å². The van der Waals surface area contributed by atoms with Gasteiger partial charge < -0.3 is 0 Å². The minimum absolute atomic E-state index is 0.574. The second-order valence-corrected chi connectivity index (χ2v) is 3.34. The average molecular weight is 265 g/mol. The molecule has 0 saturated carbocycles. The van der Waals surface area contributed by atoms with E-state index in [-0.39, 0.29) is 0 Å². The van der Waals surface area contributed by atoms with E-state index in [9.17, 15) is 17.6 Å². The number of hydrogen-bond acceptors (Lipinski definition) is 3. The minimum Gasteiger partial charge on any atom is -0.203 e. The van der Waals surface area contributed by atoms with Crippen LogP contribution in [0.3, 0.4) is 0 Å². The molecule has 1 rings (SSSR count). The number of nitriles is 3. The number of benzene rings is 1. The lowest BCUT2D eigenvalue weighted by Gasteiger charge is -2.02. The van der Waals surface area contributed by atoms with E-state index < -0.39 is 44.9 Å². The van der Waals surface area contributed by atoms with Gasteiger partial charge in [0.25, 0.3) is 0 Å². The van der Waals surface area contributed by atoms with Crippen molar-refractivity contribution < 1.29 is 17.6 Å². The van der Waals surface area contributed by atoms with E-state index in [0.29, 0.717) is 0 Å². The predicted molar refractivity (Wildman–Crippen MR) is 54.9 cm³/mol. The zero-order valence-electron chi connectivity index (χ0n) is 9.35. The van der Waals surface area contributed by atoms with Crippen LogP contribution in [0.4, 0.5) is 17.6 Å². The fraction of sp³-hybridized carbons (Fsp3) is 0.0833. The van der Waals surface area contributed by atoms with Gasteiger partial charge >= 0.3 is 0 Å². The number of rotatable bonds is 0. The van der Waals surface area contributed by atoms with Crippen LogP contribution in [-0.2, 0) is 0 Å². The molecule has 0 aromatic heterocycles. The molecule has 0 aliphatic carbocycles. The largest absolute Gasteiger partial charge is 0.203 e. The Morgan fingerprint density at radius 3 is 1.42 bits per heavy atom. The first-order chi connectivity index (χ1) is 8.90. The standard InChI is InChI=1S/C12H3F4N3/c1-5(2-17)7-9(13)11(15)8(6(3-18)4-19)12(16)10(7)14/h1H3. The highest BCUT2D eigenvalue weighted by Crippen LogP contribution is 2.06. The van der Waals surface area contributed by atoms with Crippen molar-refractivity contribution in [2.24, 2.45) is 0 Å². The van der Waals surface area contributed by atoms with Crippen LogP contribution in [-0.4, -0.2) is 0 Å². The molecule has 0 amide bonds. The van der Waals surface area contributed by atoms with Crippen LogP contribution in [0.2, 0.25) is 0 Å². The fourth-order valence-corrected chi connectivity index (χ4v) is 1.37. The first-order valence-corrected chi connectivity index (χ1v) is 4.68. The molecule has 0 N–H and O–H groups in total. The summed E-state index contributed by atoms with van der Waals surface area (Å²) in [6, 6.07) is 3.63. The summed E-state index contributed by atoms with van der Waals surface area (Å²) in [5.74, 6) is -7.42. The molecule has 3 nitrogen and oxygen atoms in total. The quantitative estimate of drug-likeness (QED) is 0.521. The van der Waals surface area contributed by atoms with Crippen molar-refractivity contribution in [3.8, 4) is 18.2 Å². The molecule has 0 radical (unpaired) electrons. The number of halogens is 4. The van der Waals surface area contributed by atoms with Gasteiger partial charge in [0.05, 0.1) is 16.5 Å². The van der Waals surface area contributed by atoms with E-state index in [1.165, 1.54) is 6.07 Å². The highest BCUT2D eigenvalue weighted by atomic mass is 19.2. The topological polar surface area (TPSA) is 71.4 Å². The van der Waals surface area contributed by atoms with Crippen molar-refractivity contribution >= 4 is 11.1 Å². The normalized spacial score (nSPS) is 9.16. The van der Waals surface area contributed by atoms with Gasteiger partial charge in [0.1, 0.15) is 17.7 Å². The maximum Gasteiger partial charge on any atom is 0.171 e. The molecule has 0 heterocycles. The molecular formula is C12H3F4N3. The van der Waals surface area contributed by atoms with Crippen LogP contribution in [0.1, 0.15) is 6.92 Å². The maximum atomic E-state index is 13.6. The summed E-state index contributed by atoms with van der Waals surface area (Å²) in [6.45, 7) is 0.971. The van der Waals surface area contributed by atoms with Crippen molar-refractivity contribution in [3.63, 3.8) is 0 Å². The molecule has 94 valence electrons. The molecule has 1 aromatic carbocycles. The molecule has 0 bridgehead atoms. The highest BCUT2D eigenvalue weighted by molar-refractivity contribution is 5.72. The summed E-state index contributed by atoms with van der Waals surface area (Å²) < 4.78 is 54.4. The third-order valence-electron chi connectivity index (χ3n) is 2.28. The average Bonchev–Trinajstić information content (AvgIpc) is 2.41. The Labute approximate surface area is 104 Å². The first kappa shape index (κ1) is 14.2. The van der Waals surface area contributed by atoms with Crippen molar-refractivity contribution in [2.75, 3.05) is 0 Å². The van der Waals surface area contributed by atoms with Crippen LogP contribution >= 0.6 is 0 Å². The van der Waals surface area contributed by atoms with Gasteiger partial charge in [0.15, 0.2) is 23.3 Å². The fourth-order valence-electron chi connectivity index (χ4n) is 1.37. The molecule has 0 saturated heterocycles. The monoisotopic (exact) mass is 265 g/mol. The Bertz CT molecular complexity index is 753. The summed E-state index contributed by atoms with van der Waals surface area (Å²) in [5.41, 5.74) is -1.68. The molecule has 1 aromatic rings. The van der Waals surface area contributed by atoms with E-state index in [2.05, 4.69) is 0 Å². The molecule has 0 aliphatic heterocycles. The van der Waals surface area contributed by atoms with Crippen molar-refractivity contribution in [1.29, 1.82) is 15.8 Å². The zero-order valence-corrected chi connectivity index (χ0v) is 9.35. The van der Waals surface area contributed by atoms with Gasteiger partial charge in [-0.2, -0.15) is 15.8 Å². The molecule has 0 spiro atoms. The smallest absolute Gasteiger partial charge is 0.171 e. The Morgan fingerprint density at radius 2 is 1.11 bits per heavy atom. The zero-order chi connectivity index (χ0) is 14.7. The summed E-state index contributed by atoms with van der Waals surface area (Å²) in [7, 11) is 0. The molecule has 0 unspecified atom stereocenters. The molecule has 0 atom stereocenters. The second-order valence-electron chi connectivity index (χ2n) is 3.34. The third-order valence-corrected chi connectivity index (χ3v) is 2.28. The van der Waals surface area contributed by atoms with Gasteiger partial charge in [-0.05, 0) is 6.92 Å². The summed E-state index contributed by atoms with van der Waals surface area (Å²) >= 11 is 0. The Hall–Kier alpha value is -2.85. The van der Waals surface area contributed by atoms with Crippen LogP contribution in [0, 0.1) is 57.3 Å². The van der Waals surface area contributed by atoms with E-state index in [1.54, 1.807) is 0 Å². The van der Waals surface area contributed by atoms with Gasteiger partial charge in [0, 0.05) is 5.57 Å². The second kappa shape index (κ2) is 5.20. The van der Waals surface area contributed by atoms with E-state index in [1.807, 2.05) is 0 Å².